The minimum absolute atomic E-state index is 0.193. The van der Waals surface area contributed by atoms with Gasteiger partial charge in [-0.25, -0.2) is 4.68 Å². The van der Waals surface area contributed by atoms with E-state index in [2.05, 4.69) is 28.3 Å². The first kappa shape index (κ1) is 18.0. The molecule has 4 rings (SSSR count). The second-order valence-corrected chi connectivity index (χ2v) is 7.01. The van der Waals surface area contributed by atoms with E-state index in [1.807, 2.05) is 35.7 Å². The molecular weight excluding hydrogens is 370 g/mol. The summed E-state index contributed by atoms with van der Waals surface area (Å²) < 4.78 is 7.10. The topological polar surface area (TPSA) is 59.1 Å². The average Bonchev–Trinajstić information content (AvgIpc) is 3.15. The van der Waals surface area contributed by atoms with Crippen LogP contribution < -0.4 is 9.54 Å². The van der Waals surface area contributed by atoms with Gasteiger partial charge in [0.25, 0.3) is 0 Å². The summed E-state index contributed by atoms with van der Waals surface area (Å²) in [4.78, 5) is 5.10. The minimum atomic E-state index is 0.193. The van der Waals surface area contributed by atoms with Gasteiger partial charge in [-0.3, -0.25) is 4.99 Å². The number of hydrogen-bond donors (Lipinski definition) is 1. The van der Waals surface area contributed by atoms with Crippen LogP contribution in [0.4, 0.5) is 0 Å². The Kier molecular flexibility index (Phi) is 4.95. The van der Waals surface area contributed by atoms with Crippen LogP contribution >= 0.6 is 11.3 Å². The number of benzene rings is 3. The molecule has 0 bridgehead atoms. The molecule has 0 saturated heterocycles. The Balaban J connectivity index is 1.80. The summed E-state index contributed by atoms with van der Waals surface area (Å²) in [6.07, 6.45) is 1.64. The Morgan fingerprint density at radius 3 is 2.61 bits per heavy atom. The van der Waals surface area contributed by atoms with Crippen LogP contribution in [-0.2, 0) is 0 Å². The number of rotatable bonds is 4. The normalized spacial score (nSPS) is 12.1. The number of aromatic nitrogens is 1. The lowest BCUT2D eigenvalue weighted by molar-refractivity contribution is 0.415. The Bertz CT molecular complexity index is 1240. The van der Waals surface area contributed by atoms with Crippen molar-refractivity contribution < 1.29 is 9.84 Å². The van der Waals surface area contributed by atoms with Gasteiger partial charge < -0.3 is 9.84 Å². The number of phenolic OH excluding ortho intramolecular Hbond substituents is 1. The van der Waals surface area contributed by atoms with Crippen LogP contribution in [-0.4, -0.2) is 30.2 Å². The van der Waals surface area contributed by atoms with Gasteiger partial charge in [-0.2, -0.15) is 5.10 Å². The third-order valence-corrected chi connectivity index (χ3v) is 5.38. The van der Waals surface area contributed by atoms with Crippen LogP contribution in [0.25, 0.3) is 22.0 Å². The third-order valence-electron chi connectivity index (χ3n) is 4.47. The number of ether oxygens (including phenoxy) is 1. The number of hydrogen-bond acceptors (Lipinski definition) is 5. The Morgan fingerprint density at radius 1 is 1.04 bits per heavy atom. The molecule has 1 aromatic heterocycles. The number of fused-ring (bicyclic) bond motifs is 1. The van der Waals surface area contributed by atoms with Gasteiger partial charge in [0.2, 0.25) is 4.80 Å². The fourth-order valence-corrected chi connectivity index (χ4v) is 3.79. The van der Waals surface area contributed by atoms with Gasteiger partial charge >= 0.3 is 0 Å². The fourth-order valence-electron chi connectivity index (χ4n) is 2.99. The molecule has 0 aliphatic heterocycles. The zero-order valence-electron chi connectivity index (χ0n) is 15.5. The number of aromatic hydroxyl groups is 1. The molecule has 0 atom stereocenters. The zero-order chi connectivity index (χ0) is 19.5. The van der Waals surface area contributed by atoms with Crippen LogP contribution in [0.5, 0.6) is 11.5 Å². The van der Waals surface area contributed by atoms with E-state index >= 15 is 0 Å². The molecule has 0 aliphatic carbocycles. The fraction of sp³-hybridized carbons (Fsp3) is 0.0909. The van der Waals surface area contributed by atoms with Gasteiger partial charge in [-0.05, 0) is 41.1 Å². The molecular formula is C22H19N3O2S. The Hall–Kier alpha value is -3.38. The van der Waals surface area contributed by atoms with E-state index < -0.39 is 0 Å². The molecule has 0 spiro atoms. The summed E-state index contributed by atoms with van der Waals surface area (Å²) in [7, 11) is 3.41. The lowest BCUT2D eigenvalue weighted by Crippen LogP contribution is -2.11. The molecule has 4 aromatic rings. The van der Waals surface area contributed by atoms with Crippen LogP contribution in [0.3, 0.4) is 0 Å². The molecule has 0 unspecified atom stereocenters. The van der Waals surface area contributed by atoms with Crippen molar-refractivity contribution in [3.05, 3.63) is 76.4 Å². The molecule has 0 fully saturated rings. The van der Waals surface area contributed by atoms with Crippen molar-refractivity contribution in [3.63, 3.8) is 0 Å². The molecule has 0 saturated carbocycles. The lowest BCUT2D eigenvalue weighted by atomic mass is 10.1. The molecule has 140 valence electrons. The van der Waals surface area contributed by atoms with Gasteiger partial charge in [0, 0.05) is 23.6 Å². The highest BCUT2D eigenvalue weighted by atomic mass is 32.1. The van der Waals surface area contributed by atoms with Crippen molar-refractivity contribution in [1.82, 2.24) is 4.68 Å². The summed E-state index contributed by atoms with van der Waals surface area (Å²) in [5.74, 6) is 1.03. The van der Waals surface area contributed by atoms with Crippen LogP contribution in [0, 0.1) is 0 Å². The second-order valence-electron chi connectivity index (χ2n) is 6.17. The van der Waals surface area contributed by atoms with Crippen LogP contribution in [0.2, 0.25) is 0 Å². The number of para-hydroxylation sites is 1. The van der Waals surface area contributed by atoms with Crippen LogP contribution in [0.1, 0.15) is 5.56 Å². The van der Waals surface area contributed by atoms with Crippen LogP contribution in [0.15, 0.2) is 76.1 Å². The van der Waals surface area contributed by atoms with Crippen molar-refractivity contribution in [2.75, 3.05) is 14.2 Å². The zero-order valence-corrected chi connectivity index (χ0v) is 16.4. The van der Waals surface area contributed by atoms with Gasteiger partial charge in [0.05, 0.1) is 19.0 Å². The van der Waals surface area contributed by atoms with Crippen molar-refractivity contribution in [1.29, 1.82) is 0 Å². The standard InChI is InChI=1S/C22H19N3O2S/c1-23-22-25(24-13-18-5-3-4-6-21(18)26)20(14-28-22)17-8-7-16-12-19(27-2)10-9-15(16)11-17/h3-14,26H,1-2H3. The highest BCUT2D eigenvalue weighted by molar-refractivity contribution is 7.07. The lowest BCUT2D eigenvalue weighted by Gasteiger charge is -2.07. The summed E-state index contributed by atoms with van der Waals surface area (Å²) in [5, 5.41) is 18.8. The monoisotopic (exact) mass is 389 g/mol. The molecule has 5 nitrogen and oxygen atoms in total. The largest absolute Gasteiger partial charge is 0.507 e. The van der Waals surface area contributed by atoms with Crippen molar-refractivity contribution in [2.45, 2.75) is 0 Å². The minimum Gasteiger partial charge on any atom is -0.507 e. The van der Waals surface area contributed by atoms with E-state index in [-0.39, 0.29) is 5.75 Å². The third kappa shape index (κ3) is 3.42. The number of methoxy groups -OCH3 is 1. The Morgan fingerprint density at radius 2 is 1.82 bits per heavy atom. The molecule has 1 N–H and O–H groups in total. The molecule has 1 heterocycles. The second kappa shape index (κ2) is 7.70. The molecule has 0 radical (unpaired) electrons. The highest BCUT2D eigenvalue weighted by Gasteiger charge is 2.09. The summed E-state index contributed by atoms with van der Waals surface area (Å²) in [6, 6.07) is 19.4. The summed E-state index contributed by atoms with van der Waals surface area (Å²) in [5.41, 5.74) is 2.63. The maximum absolute atomic E-state index is 9.98. The van der Waals surface area contributed by atoms with E-state index in [0.29, 0.717) is 5.56 Å². The molecule has 3 aromatic carbocycles. The smallest absolute Gasteiger partial charge is 0.205 e. The van der Waals surface area contributed by atoms with E-state index in [4.69, 9.17) is 4.74 Å². The maximum Gasteiger partial charge on any atom is 0.205 e. The molecule has 0 aliphatic rings. The maximum atomic E-state index is 9.98. The number of thiazole rings is 1. The first-order valence-electron chi connectivity index (χ1n) is 8.73. The van der Waals surface area contributed by atoms with Gasteiger partial charge in [-0.1, -0.05) is 30.3 Å². The van der Waals surface area contributed by atoms with Gasteiger partial charge in [0.15, 0.2) is 0 Å². The highest BCUT2D eigenvalue weighted by Crippen LogP contribution is 2.27. The number of nitrogens with zero attached hydrogens (tertiary/aromatic N) is 3. The summed E-state index contributed by atoms with van der Waals surface area (Å²) >= 11 is 1.52. The number of phenols is 1. The van der Waals surface area contributed by atoms with E-state index in [9.17, 15) is 5.11 Å². The molecule has 28 heavy (non-hydrogen) atoms. The Labute approximate surface area is 166 Å². The predicted molar refractivity (Wildman–Crippen MR) is 114 cm³/mol. The van der Waals surface area contributed by atoms with Crippen molar-refractivity contribution in [3.8, 4) is 22.8 Å². The molecule has 6 heteroatoms. The van der Waals surface area contributed by atoms with Crippen molar-refractivity contribution >= 4 is 28.3 Å². The van der Waals surface area contributed by atoms with Crippen molar-refractivity contribution in [2.24, 2.45) is 10.1 Å². The first-order valence-corrected chi connectivity index (χ1v) is 9.61. The van der Waals surface area contributed by atoms with E-state index in [1.54, 1.807) is 37.2 Å². The van der Waals surface area contributed by atoms with E-state index in [0.717, 1.165) is 32.6 Å². The van der Waals surface area contributed by atoms with E-state index in [1.165, 1.54) is 11.3 Å². The first-order chi connectivity index (χ1) is 13.7. The average molecular weight is 389 g/mol. The summed E-state index contributed by atoms with van der Waals surface area (Å²) in [6.45, 7) is 0. The predicted octanol–water partition coefficient (Wildman–Crippen LogP) is 4.50. The van der Waals surface area contributed by atoms with Gasteiger partial charge in [-0.15, -0.1) is 11.3 Å². The SMILES string of the molecule is CN=c1scc(-c2ccc3cc(OC)ccc3c2)n1N=Cc1ccccc1O. The molecule has 0 amide bonds. The van der Waals surface area contributed by atoms with Gasteiger partial charge in [0.1, 0.15) is 11.5 Å². The quantitative estimate of drug-likeness (QED) is 0.523.